The second-order valence-electron chi connectivity index (χ2n) is 5.70. The molecule has 7 nitrogen and oxygen atoms in total. The van der Waals surface area contributed by atoms with E-state index in [1.807, 2.05) is 0 Å². The number of carbonyl (C=O) groups is 2. The lowest BCUT2D eigenvalue weighted by Gasteiger charge is -2.14. The van der Waals surface area contributed by atoms with Gasteiger partial charge in [-0.15, -0.1) is 0 Å². The van der Waals surface area contributed by atoms with Gasteiger partial charge in [0.25, 0.3) is 5.91 Å². The van der Waals surface area contributed by atoms with Crippen LogP contribution in [0.4, 0.5) is 4.39 Å². The van der Waals surface area contributed by atoms with Gasteiger partial charge >= 0.3 is 5.97 Å². The van der Waals surface area contributed by atoms with Crippen molar-refractivity contribution in [3.63, 3.8) is 0 Å². The van der Waals surface area contributed by atoms with E-state index in [0.29, 0.717) is 5.82 Å². The number of hydrogen-bond acceptors (Lipinski definition) is 4. The summed E-state index contributed by atoms with van der Waals surface area (Å²) in [7, 11) is 1.23. The van der Waals surface area contributed by atoms with Gasteiger partial charge in [-0.1, -0.05) is 11.6 Å². The quantitative estimate of drug-likeness (QED) is 0.679. The normalized spacial score (nSPS) is 11.9. The van der Waals surface area contributed by atoms with Crippen molar-refractivity contribution in [3.8, 4) is 11.5 Å². The molecule has 2 heterocycles. The van der Waals surface area contributed by atoms with Crippen molar-refractivity contribution in [1.82, 2.24) is 19.7 Å². The van der Waals surface area contributed by atoms with E-state index in [2.05, 4.69) is 15.2 Å². The fourth-order valence-corrected chi connectivity index (χ4v) is 2.72. The minimum Gasteiger partial charge on any atom is -0.467 e. The number of benzene rings is 1. The van der Waals surface area contributed by atoms with Gasteiger partial charge in [-0.05, 0) is 37.3 Å². The summed E-state index contributed by atoms with van der Waals surface area (Å²) in [5, 5.41) is 6.95. The van der Waals surface area contributed by atoms with E-state index in [9.17, 15) is 14.0 Å². The highest BCUT2D eigenvalue weighted by Gasteiger charge is 2.24. The van der Waals surface area contributed by atoms with Crippen LogP contribution >= 0.6 is 11.6 Å². The number of hydrogen-bond donors (Lipinski definition) is 1. The Morgan fingerprint density at radius 1 is 1.30 bits per heavy atom. The monoisotopic (exact) mass is 390 g/mol. The van der Waals surface area contributed by atoms with Gasteiger partial charge < -0.3 is 14.6 Å². The number of nitrogens with zero attached hydrogens (tertiary/aromatic N) is 3. The number of aromatic nitrogens is 3. The smallest absolute Gasteiger partial charge is 0.328 e. The second-order valence-corrected chi connectivity index (χ2v) is 6.13. The van der Waals surface area contributed by atoms with Gasteiger partial charge in [0.1, 0.15) is 23.1 Å². The van der Waals surface area contributed by atoms with E-state index < -0.39 is 23.7 Å². The van der Waals surface area contributed by atoms with Crippen molar-refractivity contribution in [2.75, 3.05) is 7.11 Å². The van der Waals surface area contributed by atoms with Crippen LogP contribution in [-0.2, 0) is 9.53 Å². The Hall–Kier alpha value is -3.13. The number of halogens is 2. The van der Waals surface area contributed by atoms with Crippen LogP contribution in [0, 0.1) is 5.82 Å². The highest BCUT2D eigenvalue weighted by Crippen LogP contribution is 2.24. The first kappa shape index (κ1) is 18.7. The highest BCUT2D eigenvalue weighted by molar-refractivity contribution is 6.30. The summed E-state index contributed by atoms with van der Waals surface area (Å²) >= 11 is 5.82. The van der Waals surface area contributed by atoms with Gasteiger partial charge in [0.05, 0.1) is 13.3 Å². The number of nitrogens with one attached hydrogen (secondary N) is 1. The van der Waals surface area contributed by atoms with Crippen LogP contribution in [0.5, 0.6) is 0 Å². The van der Waals surface area contributed by atoms with E-state index in [0.717, 1.165) is 6.07 Å². The summed E-state index contributed by atoms with van der Waals surface area (Å²) in [5.74, 6) is -1.40. The summed E-state index contributed by atoms with van der Waals surface area (Å²) in [5.41, 5.74) is 0.291. The molecular weight excluding hydrogens is 375 g/mol. The fraction of sp³-hybridized carbons (Fsp3) is 0.167. The molecule has 140 valence electrons. The average molecular weight is 391 g/mol. The summed E-state index contributed by atoms with van der Waals surface area (Å²) in [4.78, 5) is 24.2. The van der Waals surface area contributed by atoms with Gasteiger partial charge in [-0.25, -0.2) is 13.9 Å². The molecule has 0 fully saturated rings. The largest absolute Gasteiger partial charge is 0.467 e. The minimum absolute atomic E-state index is 0.128. The molecule has 0 aliphatic rings. The summed E-state index contributed by atoms with van der Waals surface area (Å²) in [6, 6.07) is 6.83. The molecule has 0 aliphatic heterocycles. The van der Waals surface area contributed by atoms with E-state index in [4.69, 9.17) is 11.6 Å². The first-order valence-electron chi connectivity index (χ1n) is 7.98. The molecule has 9 heteroatoms. The van der Waals surface area contributed by atoms with Crippen LogP contribution in [0.25, 0.3) is 11.5 Å². The summed E-state index contributed by atoms with van der Waals surface area (Å²) in [6.45, 7) is 1.50. The molecule has 0 bridgehead atoms. The lowest BCUT2D eigenvalue weighted by Crippen LogP contribution is -2.39. The van der Waals surface area contributed by atoms with Crippen LogP contribution < -0.4 is 5.32 Å². The molecule has 3 aromatic rings. The van der Waals surface area contributed by atoms with E-state index in [1.165, 1.54) is 37.0 Å². The van der Waals surface area contributed by atoms with E-state index in [-0.39, 0.29) is 16.3 Å². The molecule has 0 spiro atoms. The molecule has 1 atom stereocenters. The van der Waals surface area contributed by atoms with Crippen molar-refractivity contribution >= 4 is 23.5 Å². The molecule has 27 heavy (non-hydrogen) atoms. The molecule has 1 aromatic carbocycles. The molecule has 0 radical (unpaired) electrons. The van der Waals surface area contributed by atoms with Gasteiger partial charge in [0.15, 0.2) is 5.82 Å². The Bertz CT molecular complexity index is 985. The molecule has 3 rings (SSSR count). The number of ether oxygens (including phenoxy) is 1. The van der Waals surface area contributed by atoms with E-state index >= 15 is 0 Å². The van der Waals surface area contributed by atoms with Gasteiger partial charge in [-0.3, -0.25) is 4.79 Å². The summed E-state index contributed by atoms with van der Waals surface area (Å²) in [6.07, 6.45) is 4.70. The number of amides is 1. The Morgan fingerprint density at radius 2 is 2.00 bits per heavy atom. The van der Waals surface area contributed by atoms with Crippen LogP contribution in [0.3, 0.4) is 0 Å². The maximum Gasteiger partial charge on any atom is 0.328 e. The number of esters is 1. The third-order valence-corrected chi connectivity index (χ3v) is 4.11. The van der Waals surface area contributed by atoms with Crippen molar-refractivity contribution in [2.45, 2.75) is 13.0 Å². The van der Waals surface area contributed by atoms with Crippen LogP contribution in [0.15, 0.2) is 48.9 Å². The lowest BCUT2D eigenvalue weighted by molar-refractivity contribution is -0.142. The highest BCUT2D eigenvalue weighted by atomic mass is 35.5. The number of rotatable bonds is 5. The van der Waals surface area contributed by atoms with Crippen LogP contribution in [0.1, 0.15) is 17.3 Å². The molecule has 2 aromatic heterocycles. The SMILES string of the molecule is COC(=O)C(C)NC(=O)c1cnn(-c2ccc(Cl)cc2F)c1-n1cccc1. The predicted molar refractivity (Wildman–Crippen MR) is 96.8 cm³/mol. The average Bonchev–Trinajstić information content (AvgIpc) is 3.30. The lowest BCUT2D eigenvalue weighted by atomic mass is 10.2. The van der Waals surface area contributed by atoms with Gasteiger partial charge in [0.2, 0.25) is 0 Å². The van der Waals surface area contributed by atoms with Crippen molar-refractivity contribution in [3.05, 3.63) is 65.3 Å². The zero-order valence-corrected chi connectivity index (χ0v) is 15.3. The molecular formula is C18H16ClFN4O3. The minimum atomic E-state index is -0.851. The van der Waals surface area contributed by atoms with Gasteiger partial charge in [0, 0.05) is 17.4 Å². The zero-order valence-electron chi connectivity index (χ0n) is 14.5. The molecule has 1 unspecified atom stereocenters. The Balaban J connectivity index is 2.07. The van der Waals surface area contributed by atoms with Crippen molar-refractivity contribution in [2.24, 2.45) is 0 Å². The maximum atomic E-state index is 14.4. The molecule has 1 N–H and O–H groups in total. The fourth-order valence-electron chi connectivity index (χ4n) is 2.57. The third kappa shape index (κ3) is 3.70. The molecule has 1 amide bonds. The number of methoxy groups -OCH3 is 1. The molecule has 0 aliphatic carbocycles. The topological polar surface area (TPSA) is 78.2 Å². The van der Waals surface area contributed by atoms with Crippen molar-refractivity contribution < 1.29 is 18.7 Å². The summed E-state index contributed by atoms with van der Waals surface area (Å²) < 4.78 is 21.9. The first-order valence-corrected chi connectivity index (χ1v) is 8.35. The zero-order chi connectivity index (χ0) is 19.6. The Kier molecular flexibility index (Phi) is 5.27. The Labute approximate surface area is 159 Å². The van der Waals surface area contributed by atoms with Crippen molar-refractivity contribution in [1.29, 1.82) is 0 Å². The number of carbonyl (C=O) groups excluding carboxylic acids is 2. The maximum absolute atomic E-state index is 14.4. The van der Waals surface area contributed by atoms with Gasteiger partial charge in [-0.2, -0.15) is 5.10 Å². The van der Waals surface area contributed by atoms with Crippen LogP contribution in [0.2, 0.25) is 5.02 Å². The third-order valence-electron chi connectivity index (χ3n) is 3.88. The standard InChI is InChI=1S/C18H16ClFN4O3/c1-11(18(26)27-2)22-16(25)13-10-21-24(17(13)23-7-3-4-8-23)15-6-5-12(19)9-14(15)20/h3-11H,1-2H3,(H,22,25). The first-order chi connectivity index (χ1) is 12.9. The van der Waals surface area contributed by atoms with E-state index in [1.54, 1.807) is 29.1 Å². The second kappa shape index (κ2) is 7.63. The molecule has 0 saturated carbocycles. The molecule has 0 saturated heterocycles. The Morgan fingerprint density at radius 3 is 2.63 bits per heavy atom. The predicted octanol–water partition coefficient (Wildman–Crippen LogP) is 2.75. The van der Waals surface area contributed by atoms with Crippen LogP contribution in [-0.4, -0.2) is 39.4 Å².